The maximum atomic E-state index is 6.67. The summed E-state index contributed by atoms with van der Waals surface area (Å²) in [7, 11) is 4.05. The van der Waals surface area contributed by atoms with E-state index in [1.807, 2.05) is 38.4 Å². The molecule has 1 aliphatic rings. The van der Waals surface area contributed by atoms with E-state index in [9.17, 15) is 0 Å². The van der Waals surface area contributed by atoms with Gasteiger partial charge in [0.15, 0.2) is 5.72 Å². The van der Waals surface area contributed by atoms with Crippen molar-refractivity contribution in [3.8, 4) is 0 Å². The lowest BCUT2D eigenvalue weighted by atomic mass is 9.88. The predicted octanol–water partition coefficient (Wildman–Crippen LogP) is 1.81. The smallest absolute Gasteiger partial charge is 0.162 e. The Morgan fingerprint density at radius 2 is 1.74 bits per heavy atom. The number of ether oxygens (including phenoxy) is 1. The van der Waals surface area contributed by atoms with Gasteiger partial charge in [-0.1, -0.05) is 24.3 Å². The first-order chi connectivity index (χ1) is 11.0. The van der Waals surface area contributed by atoms with Gasteiger partial charge in [-0.25, -0.2) is 0 Å². The number of morpholine rings is 1. The molecule has 0 aliphatic carbocycles. The van der Waals surface area contributed by atoms with Gasteiger partial charge in [0.05, 0.1) is 12.6 Å². The van der Waals surface area contributed by atoms with Gasteiger partial charge in [-0.15, -0.1) is 0 Å². The van der Waals surface area contributed by atoms with E-state index >= 15 is 0 Å². The lowest BCUT2D eigenvalue weighted by Gasteiger charge is -2.42. The molecular formula is C18H24N4O. The van der Waals surface area contributed by atoms with Gasteiger partial charge in [0.25, 0.3) is 0 Å². The summed E-state index contributed by atoms with van der Waals surface area (Å²) < 4.78 is 6.00. The van der Waals surface area contributed by atoms with Gasteiger partial charge in [0.2, 0.25) is 0 Å². The summed E-state index contributed by atoms with van der Waals surface area (Å²) >= 11 is 0. The van der Waals surface area contributed by atoms with Gasteiger partial charge in [0.1, 0.15) is 0 Å². The zero-order valence-electron chi connectivity index (χ0n) is 13.6. The molecule has 5 N–H and O–H groups in total. The zero-order chi connectivity index (χ0) is 16.4. The van der Waals surface area contributed by atoms with E-state index in [2.05, 4.69) is 34.5 Å². The van der Waals surface area contributed by atoms with Crippen LogP contribution in [0.3, 0.4) is 0 Å². The molecule has 5 heteroatoms. The molecule has 1 heterocycles. The molecule has 0 radical (unpaired) electrons. The molecule has 3 rings (SSSR count). The quantitative estimate of drug-likeness (QED) is 0.754. The highest BCUT2D eigenvalue weighted by molar-refractivity contribution is 5.48. The maximum absolute atomic E-state index is 6.67. The first-order valence-electron chi connectivity index (χ1n) is 7.80. The fourth-order valence-corrected chi connectivity index (χ4v) is 2.98. The van der Waals surface area contributed by atoms with Crippen molar-refractivity contribution in [2.75, 3.05) is 37.9 Å². The summed E-state index contributed by atoms with van der Waals surface area (Å²) in [4.78, 5) is 2.07. The number of nitrogens with zero attached hydrogens (tertiary/aromatic N) is 1. The Morgan fingerprint density at radius 3 is 2.35 bits per heavy atom. The molecule has 5 nitrogen and oxygen atoms in total. The van der Waals surface area contributed by atoms with Crippen molar-refractivity contribution in [3.05, 3.63) is 59.7 Å². The summed E-state index contributed by atoms with van der Waals surface area (Å²) in [5.74, 6) is 0. The minimum absolute atomic E-state index is 0.115. The number of nitrogens with one attached hydrogen (secondary N) is 1. The summed E-state index contributed by atoms with van der Waals surface area (Å²) in [6, 6.07) is 15.8. The van der Waals surface area contributed by atoms with Crippen molar-refractivity contribution in [1.29, 1.82) is 0 Å². The van der Waals surface area contributed by atoms with E-state index < -0.39 is 5.72 Å². The highest BCUT2D eigenvalue weighted by Crippen LogP contribution is 2.36. The number of rotatable bonds is 3. The Balaban J connectivity index is 1.96. The van der Waals surface area contributed by atoms with E-state index in [-0.39, 0.29) is 6.04 Å². The minimum Gasteiger partial charge on any atom is -0.399 e. The SMILES string of the molecule is CN(C)c1ccc(C2NCCOC2(N)c2ccc(N)cc2)cc1. The van der Waals surface area contributed by atoms with Crippen LogP contribution in [0.5, 0.6) is 0 Å². The Kier molecular flexibility index (Phi) is 4.26. The Morgan fingerprint density at radius 1 is 1.09 bits per heavy atom. The van der Waals surface area contributed by atoms with Crippen molar-refractivity contribution in [3.63, 3.8) is 0 Å². The number of anilines is 2. The van der Waals surface area contributed by atoms with E-state index in [1.54, 1.807) is 0 Å². The molecule has 1 fully saturated rings. The van der Waals surface area contributed by atoms with Crippen LogP contribution in [0.4, 0.5) is 11.4 Å². The van der Waals surface area contributed by atoms with Crippen LogP contribution in [0.15, 0.2) is 48.5 Å². The third kappa shape index (κ3) is 3.03. The first-order valence-corrected chi connectivity index (χ1v) is 7.80. The van der Waals surface area contributed by atoms with Gasteiger partial charge in [-0.05, 0) is 29.8 Å². The molecule has 2 unspecified atom stereocenters. The van der Waals surface area contributed by atoms with Gasteiger partial charge < -0.3 is 20.7 Å². The van der Waals surface area contributed by atoms with Gasteiger partial charge in [0, 0.05) is 37.6 Å². The van der Waals surface area contributed by atoms with E-state index in [4.69, 9.17) is 16.2 Å². The molecule has 0 saturated carbocycles. The van der Waals surface area contributed by atoms with E-state index in [0.29, 0.717) is 12.3 Å². The average Bonchev–Trinajstić information content (AvgIpc) is 2.56. The van der Waals surface area contributed by atoms with Crippen LogP contribution in [-0.4, -0.2) is 27.2 Å². The topological polar surface area (TPSA) is 76.5 Å². The second-order valence-corrected chi connectivity index (χ2v) is 6.14. The summed E-state index contributed by atoms with van der Waals surface area (Å²) in [5.41, 5.74) is 15.4. The number of nitrogens with two attached hydrogens (primary N) is 2. The van der Waals surface area contributed by atoms with Gasteiger partial charge in [-0.3, -0.25) is 5.73 Å². The summed E-state index contributed by atoms with van der Waals surface area (Å²) in [6.45, 7) is 1.35. The summed E-state index contributed by atoms with van der Waals surface area (Å²) in [5, 5.41) is 3.49. The molecule has 0 spiro atoms. The molecule has 23 heavy (non-hydrogen) atoms. The van der Waals surface area contributed by atoms with Crippen LogP contribution in [0.25, 0.3) is 0 Å². The van der Waals surface area contributed by atoms with Crippen LogP contribution in [0.1, 0.15) is 17.2 Å². The second kappa shape index (κ2) is 6.20. The van der Waals surface area contributed by atoms with Crippen LogP contribution < -0.4 is 21.7 Å². The normalized spacial score (nSPS) is 24.4. The number of nitrogen functional groups attached to an aromatic ring is 1. The fourth-order valence-electron chi connectivity index (χ4n) is 2.98. The predicted molar refractivity (Wildman–Crippen MR) is 94.2 cm³/mol. The van der Waals surface area contributed by atoms with Gasteiger partial charge in [-0.2, -0.15) is 0 Å². The average molecular weight is 312 g/mol. The highest BCUT2D eigenvalue weighted by Gasteiger charge is 2.41. The number of hydrogen-bond donors (Lipinski definition) is 3. The Labute approximate surface area is 137 Å². The minimum atomic E-state index is -0.911. The molecule has 0 bridgehead atoms. The third-order valence-electron chi connectivity index (χ3n) is 4.32. The fraction of sp³-hybridized carbons (Fsp3) is 0.333. The lowest BCUT2D eigenvalue weighted by Crippen LogP contribution is -2.55. The molecule has 1 saturated heterocycles. The van der Waals surface area contributed by atoms with Gasteiger partial charge >= 0.3 is 0 Å². The van der Waals surface area contributed by atoms with E-state index in [1.165, 1.54) is 0 Å². The Hall–Kier alpha value is -2.08. The molecule has 122 valence electrons. The molecule has 2 aromatic carbocycles. The van der Waals surface area contributed by atoms with Crippen LogP contribution >= 0.6 is 0 Å². The molecule has 0 amide bonds. The van der Waals surface area contributed by atoms with Crippen molar-refractivity contribution in [2.45, 2.75) is 11.8 Å². The number of benzene rings is 2. The first kappa shape index (κ1) is 15.8. The molecule has 1 aliphatic heterocycles. The molecule has 2 aromatic rings. The van der Waals surface area contributed by atoms with E-state index in [0.717, 1.165) is 23.4 Å². The molecule has 0 aromatic heterocycles. The maximum Gasteiger partial charge on any atom is 0.162 e. The van der Waals surface area contributed by atoms with Crippen LogP contribution in [-0.2, 0) is 10.5 Å². The monoisotopic (exact) mass is 312 g/mol. The largest absolute Gasteiger partial charge is 0.399 e. The Bertz CT molecular complexity index is 654. The summed E-state index contributed by atoms with van der Waals surface area (Å²) in [6.07, 6.45) is 0. The number of hydrogen-bond acceptors (Lipinski definition) is 5. The lowest BCUT2D eigenvalue weighted by molar-refractivity contribution is -0.101. The van der Waals surface area contributed by atoms with Crippen molar-refractivity contribution < 1.29 is 4.74 Å². The van der Waals surface area contributed by atoms with Crippen molar-refractivity contribution in [2.24, 2.45) is 5.73 Å². The third-order valence-corrected chi connectivity index (χ3v) is 4.32. The standard InChI is InChI=1S/C18H24N4O/c1-22(2)16-9-3-13(4-10-16)17-18(20,23-12-11-21-17)14-5-7-15(19)8-6-14/h3-10,17,21H,11-12,19-20H2,1-2H3. The highest BCUT2D eigenvalue weighted by atomic mass is 16.5. The zero-order valence-corrected chi connectivity index (χ0v) is 13.6. The van der Waals surface area contributed by atoms with Crippen LogP contribution in [0.2, 0.25) is 0 Å². The van der Waals surface area contributed by atoms with Crippen LogP contribution in [0, 0.1) is 0 Å². The molecule has 2 atom stereocenters. The van der Waals surface area contributed by atoms with Crippen molar-refractivity contribution in [1.82, 2.24) is 5.32 Å². The van der Waals surface area contributed by atoms with Crippen molar-refractivity contribution >= 4 is 11.4 Å². The molecular weight excluding hydrogens is 288 g/mol. The second-order valence-electron chi connectivity index (χ2n) is 6.14.